The lowest BCUT2D eigenvalue weighted by molar-refractivity contribution is 0.510. The number of hydrogen-bond acceptors (Lipinski definition) is 1. The third kappa shape index (κ3) is 2.52. The van der Waals surface area contributed by atoms with Gasteiger partial charge in [-0.2, -0.15) is 0 Å². The Balaban J connectivity index is 1.84. The van der Waals surface area contributed by atoms with E-state index in [1.807, 2.05) is 6.07 Å². The van der Waals surface area contributed by atoms with Crippen LogP contribution in [0.2, 0.25) is 0 Å². The number of halogens is 1. The van der Waals surface area contributed by atoms with Crippen molar-refractivity contribution in [2.24, 2.45) is 0 Å². The second-order valence-electron chi connectivity index (χ2n) is 5.45. The van der Waals surface area contributed by atoms with Gasteiger partial charge in [0.25, 0.3) is 0 Å². The van der Waals surface area contributed by atoms with E-state index in [0.717, 1.165) is 24.0 Å². The van der Waals surface area contributed by atoms with E-state index < -0.39 is 0 Å². The number of rotatable bonds is 4. The molecule has 0 spiro atoms. The molecule has 1 aliphatic carbocycles. The summed E-state index contributed by atoms with van der Waals surface area (Å²) in [5.74, 6) is -0.156. The molecule has 102 valence electrons. The zero-order valence-electron chi connectivity index (χ0n) is 11.5. The van der Waals surface area contributed by atoms with Crippen molar-refractivity contribution < 1.29 is 4.39 Å². The summed E-state index contributed by atoms with van der Waals surface area (Å²) in [6.45, 7) is 3.95. The molecule has 0 unspecified atom stereocenters. The summed E-state index contributed by atoms with van der Waals surface area (Å²) in [7, 11) is 0. The summed E-state index contributed by atoms with van der Waals surface area (Å²) >= 11 is 0. The number of aromatic nitrogens is 1. The van der Waals surface area contributed by atoms with Gasteiger partial charge in [0.1, 0.15) is 5.82 Å². The first kappa shape index (κ1) is 12.7. The fourth-order valence-electron chi connectivity index (χ4n) is 3.20. The van der Waals surface area contributed by atoms with E-state index in [9.17, 15) is 4.39 Å². The number of aryl methyl sites for hydroxylation is 1. The van der Waals surface area contributed by atoms with E-state index in [4.69, 9.17) is 0 Å². The zero-order chi connectivity index (χ0) is 13.2. The molecule has 1 N–H and O–H groups in total. The second kappa shape index (κ2) is 5.33. The molecule has 19 heavy (non-hydrogen) atoms. The average molecular weight is 260 g/mol. The molecule has 0 saturated heterocycles. The van der Waals surface area contributed by atoms with Crippen LogP contribution in [0.4, 0.5) is 4.39 Å². The Morgan fingerprint density at radius 1 is 1.26 bits per heavy atom. The lowest BCUT2D eigenvalue weighted by atomic mass is 10.2. The van der Waals surface area contributed by atoms with Crippen LogP contribution in [0.15, 0.2) is 24.3 Å². The molecular weight excluding hydrogens is 239 g/mol. The molecule has 3 rings (SSSR count). The van der Waals surface area contributed by atoms with Gasteiger partial charge in [-0.3, -0.25) is 0 Å². The van der Waals surface area contributed by atoms with Crippen LogP contribution in [0.25, 0.3) is 10.9 Å². The summed E-state index contributed by atoms with van der Waals surface area (Å²) in [6.07, 6.45) is 5.28. The van der Waals surface area contributed by atoms with Gasteiger partial charge in [-0.15, -0.1) is 0 Å². The van der Waals surface area contributed by atoms with Crippen LogP contribution >= 0.6 is 0 Å². The SMILES string of the molecule is CCn1c(CNC2CCCC2)cc2cc(F)ccc21. The van der Waals surface area contributed by atoms with Crippen molar-refractivity contribution in [2.45, 2.75) is 51.7 Å². The Bertz CT molecular complexity index is 567. The highest BCUT2D eigenvalue weighted by molar-refractivity contribution is 5.81. The van der Waals surface area contributed by atoms with Gasteiger partial charge in [0.2, 0.25) is 0 Å². The van der Waals surface area contributed by atoms with Gasteiger partial charge in [0.05, 0.1) is 0 Å². The Hall–Kier alpha value is -1.35. The molecule has 1 fully saturated rings. The molecule has 0 atom stereocenters. The second-order valence-corrected chi connectivity index (χ2v) is 5.45. The first-order valence-electron chi connectivity index (χ1n) is 7.29. The van der Waals surface area contributed by atoms with E-state index >= 15 is 0 Å². The molecule has 1 heterocycles. The summed E-state index contributed by atoms with van der Waals surface area (Å²) in [6, 6.07) is 7.83. The van der Waals surface area contributed by atoms with Crippen LogP contribution < -0.4 is 5.32 Å². The van der Waals surface area contributed by atoms with Crippen molar-refractivity contribution >= 4 is 10.9 Å². The van der Waals surface area contributed by atoms with E-state index in [1.54, 1.807) is 12.1 Å². The van der Waals surface area contributed by atoms with Crippen LogP contribution in [0.1, 0.15) is 38.3 Å². The smallest absolute Gasteiger partial charge is 0.123 e. The van der Waals surface area contributed by atoms with Crippen LogP contribution in [0, 0.1) is 5.82 Å². The summed E-state index contributed by atoms with van der Waals surface area (Å²) in [5, 5.41) is 4.64. The van der Waals surface area contributed by atoms with Crippen LogP contribution in [-0.4, -0.2) is 10.6 Å². The minimum atomic E-state index is -0.156. The zero-order valence-corrected chi connectivity index (χ0v) is 11.5. The van der Waals surface area contributed by atoms with Gasteiger partial charge < -0.3 is 9.88 Å². The van der Waals surface area contributed by atoms with E-state index in [1.165, 1.54) is 31.4 Å². The van der Waals surface area contributed by atoms with Gasteiger partial charge in [0, 0.05) is 35.7 Å². The normalized spacial score (nSPS) is 16.5. The third-order valence-electron chi connectivity index (χ3n) is 4.19. The maximum Gasteiger partial charge on any atom is 0.123 e. The number of hydrogen-bond donors (Lipinski definition) is 1. The van der Waals surface area contributed by atoms with Crippen LogP contribution in [0.5, 0.6) is 0 Å². The molecule has 3 heteroatoms. The van der Waals surface area contributed by atoms with E-state index in [-0.39, 0.29) is 5.82 Å². The largest absolute Gasteiger partial charge is 0.344 e. The fourth-order valence-corrected chi connectivity index (χ4v) is 3.20. The van der Waals surface area contributed by atoms with Crippen LogP contribution in [0.3, 0.4) is 0 Å². The number of fused-ring (bicyclic) bond motifs is 1. The highest BCUT2D eigenvalue weighted by atomic mass is 19.1. The van der Waals surface area contributed by atoms with Crippen molar-refractivity contribution in [2.75, 3.05) is 0 Å². The lowest BCUT2D eigenvalue weighted by Gasteiger charge is -2.13. The fraction of sp³-hybridized carbons (Fsp3) is 0.500. The van der Waals surface area contributed by atoms with Gasteiger partial charge >= 0.3 is 0 Å². The highest BCUT2D eigenvalue weighted by Crippen LogP contribution is 2.22. The first-order chi connectivity index (χ1) is 9.28. The van der Waals surface area contributed by atoms with Gasteiger partial charge in [-0.25, -0.2) is 4.39 Å². The maximum atomic E-state index is 13.3. The quantitative estimate of drug-likeness (QED) is 0.884. The predicted molar refractivity (Wildman–Crippen MR) is 76.7 cm³/mol. The Morgan fingerprint density at radius 3 is 2.79 bits per heavy atom. The molecule has 1 saturated carbocycles. The maximum absolute atomic E-state index is 13.3. The molecule has 1 aromatic heterocycles. The number of nitrogens with zero attached hydrogens (tertiary/aromatic N) is 1. The minimum absolute atomic E-state index is 0.156. The Morgan fingerprint density at radius 2 is 2.05 bits per heavy atom. The predicted octanol–water partition coefficient (Wildman–Crippen LogP) is 3.83. The Kier molecular flexibility index (Phi) is 3.56. The third-order valence-corrected chi connectivity index (χ3v) is 4.19. The molecule has 0 bridgehead atoms. The molecule has 1 aliphatic rings. The molecular formula is C16H21FN2. The average Bonchev–Trinajstić information content (AvgIpc) is 3.02. The van der Waals surface area contributed by atoms with Crippen LogP contribution in [-0.2, 0) is 13.1 Å². The summed E-state index contributed by atoms with van der Waals surface area (Å²) < 4.78 is 15.6. The topological polar surface area (TPSA) is 17.0 Å². The van der Waals surface area contributed by atoms with Gasteiger partial charge in [-0.1, -0.05) is 12.8 Å². The van der Waals surface area contributed by atoms with Crippen molar-refractivity contribution in [1.82, 2.24) is 9.88 Å². The van der Waals surface area contributed by atoms with Crippen molar-refractivity contribution in [3.05, 3.63) is 35.8 Å². The van der Waals surface area contributed by atoms with E-state index in [2.05, 4.69) is 22.9 Å². The molecule has 1 aromatic carbocycles. The highest BCUT2D eigenvalue weighted by Gasteiger charge is 2.15. The minimum Gasteiger partial charge on any atom is -0.344 e. The van der Waals surface area contributed by atoms with Crippen molar-refractivity contribution in [1.29, 1.82) is 0 Å². The van der Waals surface area contributed by atoms with Crippen molar-refractivity contribution in [3.8, 4) is 0 Å². The number of benzene rings is 1. The standard InChI is InChI=1S/C16H21FN2/c1-2-19-15(11-18-14-5-3-4-6-14)10-12-9-13(17)7-8-16(12)19/h7-10,14,18H,2-6,11H2,1H3. The number of nitrogens with one attached hydrogen (secondary N) is 1. The molecule has 0 radical (unpaired) electrons. The molecule has 2 aromatic rings. The summed E-state index contributed by atoms with van der Waals surface area (Å²) in [4.78, 5) is 0. The Labute approximate surface area is 113 Å². The van der Waals surface area contributed by atoms with Gasteiger partial charge in [-0.05, 0) is 44.0 Å². The molecule has 2 nitrogen and oxygen atoms in total. The summed E-state index contributed by atoms with van der Waals surface area (Å²) in [5.41, 5.74) is 2.39. The van der Waals surface area contributed by atoms with Gasteiger partial charge in [0.15, 0.2) is 0 Å². The molecule has 0 aliphatic heterocycles. The van der Waals surface area contributed by atoms with E-state index in [0.29, 0.717) is 6.04 Å². The monoisotopic (exact) mass is 260 g/mol. The molecule has 0 amide bonds. The lowest BCUT2D eigenvalue weighted by Crippen LogP contribution is -2.26. The first-order valence-corrected chi connectivity index (χ1v) is 7.29. The van der Waals surface area contributed by atoms with Crippen molar-refractivity contribution in [3.63, 3.8) is 0 Å².